The normalized spacial score (nSPS) is 10.3. The fraction of sp³-hybridized carbons (Fsp3) is 0.0625. The molecule has 3 rings (SSSR count). The summed E-state index contributed by atoms with van der Waals surface area (Å²) < 4.78 is 5.18. The van der Waals surface area contributed by atoms with E-state index < -0.39 is 0 Å². The van der Waals surface area contributed by atoms with Crippen LogP contribution in [0.3, 0.4) is 0 Å². The van der Waals surface area contributed by atoms with Gasteiger partial charge >= 0.3 is 0 Å². The van der Waals surface area contributed by atoms with Gasteiger partial charge in [0.25, 0.3) is 11.8 Å². The second kappa shape index (κ2) is 6.45. The van der Waals surface area contributed by atoms with Gasteiger partial charge in [-0.3, -0.25) is 9.59 Å². The molecule has 2 heterocycles. The third-order valence-electron chi connectivity index (χ3n) is 3.14. The standard InChI is InChI=1S/C16H13N3O3S/c1-17-15(20)10-4-6-11(7-5-10)18-16(21)12-9-13(22-19-12)14-3-2-8-23-14/h2-9H,1H3,(H,17,20)(H,18,21). The molecule has 0 unspecified atom stereocenters. The molecule has 0 saturated carbocycles. The Morgan fingerprint density at radius 2 is 1.91 bits per heavy atom. The molecule has 2 N–H and O–H groups in total. The topological polar surface area (TPSA) is 84.2 Å². The summed E-state index contributed by atoms with van der Waals surface area (Å²) in [6.45, 7) is 0. The number of nitrogens with zero attached hydrogens (tertiary/aromatic N) is 1. The van der Waals surface area contributed by atoms with E-state index in [1.807, 2.05) is 17.5 Å². The van der Waals surface area contributed by atoms with Crippen molar-refractivity contribution in [2.24, 2.45) is 0 Å². The molecule has 0 atom stereocenters. The van der Waals surface area contributed by atoms with Crippen molar-refractivity contribution in [1.82, 2.24) is 10.5 Å². The summed E-state index contributed by atoms with van der Waals surface area (Å²) in [6, 6.07) is 12.0. The summed E-state index contributed by atoms with van der Waals surface area (Å²) in [7, 11) is 1.56. The summed E-state index contributed by atoms with van der Waals surface area (Å²) in [5.41, 5.74) is 1.29. The molecule has 2 aromatic heterocycles. The van der Waals surface area contributed by atoms with E-state index in [0.717, 1.165) is 4.88 Å². The van der Waals surface area contributed by atoms with Crippen molar-refractivity contribution in [3.8, 4) is 10.6 Å². The van der Waals surface area contributed by atoms with Crippen LogP contribution in [-0.2, 0) is 0 Å². The highest BCUT2D eigenvalue weighted by molar-refractivity contribution is 7.13. The third-order valence-corrected chi connectivity index (χ3v) is 4.02. The van der Waals surface area contributed by atoms with E-state index in [1.165, 1.54) is 11.3 Å². The average Bonchev–Trinajstić information content (AvgIpc) is 3.25. The maximum absolute atomic E-state index is 12.2. The molecule has 0 aliphatic heterocycles. The van der Waals surface area contributed by atoms with Crippen LogP contribution >= 0.6 is 11.3 Å². The van der Waals surface area contributed by atoms with E-state index in [9.17, 15) is 9.59 Å². The monoisotopic (exact) mass is 327 g/mol. The number of carbonyl (C=O) groups is 2. The Labute approximate surface area is 136 Å². The van der Waals surface area contributed by atoms with Gasteiger partial charge in [0, 0.05) is 24.4 Å². The van der Waals surface area contributed by atoms with Crippen LogP contribution < -0.4 is 10.6 Å². The molecule has 7 heteroatoms. The van der Waals surface area contributed by atoms with Gasteiger partial charge in [-0.25, -0.2) is 0 Å². The van der Waals surface area contributed by atoms with Gasteiger partial charge in [0.1, 0.15) is 0 Å². The molecule has 0 spiro atoms. The first kappa shape index (κ1) is 15.0. The number of hydrogen-bond donors (Lipinski definition) is 2. The molecule has 116 valence electrons. The van der Waals surface area contributed by atoms with Gasteiger partial charge in [-0.05, 0) is 35.7 Å². The van der Waals surface area contributed by atoms with Crippen molar-refractivity contribution < 1.29 is 14.1 Å². The molecule has 0 aliphatic carbocycles. The minimum Gasteiger partial charge on any atom is -0.355 e. The zero-order valence-electron chi connectivity index (χ0n) is 12.2. The fourth-order valence-electron chi connectivity index (χ4n) is 1.96. The Kier molecular flexibility index (Phi) is 4.20. The predicted molar refractivity (Wildman–Crippen MR) is 87.6 cm³/mol. The van der Waals surface area contributed by atoms with Gasteiger partial charge in [0.15, 0.2) is 11.5 Å². The van der Waals surface area contributed by atoms with Crippen molar-refractivity contribution in [1.29, 1.82) is 0 Å². The average molecular weight is 327 g/mol. The van der Waals surface area contributed by atoms with Crippen LogP contribution in [0.2, 0.25) is 0 Å². The largest absolute Gasteiger partial charge is 0.355 e. The van der Waals surface area contributed by atoms with Gasteiger partial charge in [0.2, 0.25) is 0 Å². The lowest BCUT2D eigenvalue weighted by Gasteiger charge is -2.04. The number of amides is 2. The van der Waals surface area contributed by atoms with Gasteiger partial charge in [-0.2, -0.15) is 0 Å². The lowest BCUT2D eigenvalue weighted by Crippen LogP contribution is -2.18. The fourth-order valence-corrected chi connectivity index (χ4v) is 2.63. The van der Waals surface area contributed by atoms with Crippen LogP contribution in [0, 0.1) is 0 Å². The molecule has 1 aromatic carbocycles. The second-order valence-electron chi connectivity index (χ2n) is 4.66. The molecular weight excluding hydrogens is 314 g/mol. The quantitative estimate of drug-likeness (QED) is 0.771. The van der Waals surface area contributed by atoms with Crippen LogP contribution in [0.4, 0.5) is 5.69 Å². The molecule has 0 saturated heterocycles. The van der Waals surface area contributed by atoms with E-state index in [1.54, 1.807) is 37.4 Å². The summed E-state index contributed by atoms with van der Waals surface area (Å²) in [5.74, 6) is 0.00401. The van der Waals surface area contributed by atoms with Gasteiger partial charge in [-0.15, -0.1) is 11.3 Å². The Morgan fingerprint density at radius 3 is 2.57 bits per heavy atom. The van der Waals surface area contributed by atoms with Crippen LogP contribution in [0.5, 0.6) is 0 Å². The lowest BCUT2D eigenvalue weighted by atomic mass is 10.2. The first-order chi connectivity index (χ1) is 11.2. The van der Waals surface area contributed by atoms with Gasteiger partial charge in [-0.1, -0.05) is 11.2 Å². The predicted octanol–water partition coefficient (Wildman–Crippen LogP) is 3.02. The summed E-state index contributed by atoms with van der Waals surface area (Å²) in [6.07, 6.45) is 0. The molecule has 0 fully saturated rings. The lowest BCUT2D eigenvalue weighted by molar-refractivity contribution is 0.0962. The molecular formula is C16H13N3O3S. The first-order valence-electron chi connectivity index (χ1n) is 6.81. The minimum atomic E-state index is -0.371. The smallest absolute Gasteiger partial charge is 0.277 e. The van der Waals surface area contributed by atoms with Crippen molar-refractivity contribution in [2.45, 2.75) is 0 Å². The number of aromatic nitrogens is 1. The Morgan fingerprint density at radius 1 is 1.13 bits per heavy atom. The second-order valence-corrected chi connectivity index (χ2v) is 5.61. The molecule has 6 nitrogen and oxygen atoms in total. The zero-order chi connectivity index (χ0) is 16.2. The van der Waals surface area contributed by atoms with Crippen LogP contribution in [0.25, 0.3) is 10.6 Å². The molecule has 3 aromatic rings. The van der Waals surface area contributed by atoms with E-state index in [0.29, 0.717) is 17.0 Å². The van der Waals surface area contributed by atoms with Crippen molar-refractivity contribution in [3.05, 3.63) is 59.1 Å². The van der Waals surface area contributed by atoms with Crippen molar-refractivity contribution >= 4 is 28.8 Å². The maximum atomic E-state index is 12.2. The molecule has 0 aliphatic rings. The first-order valence-corrected chi connectivity index (χ1v) is 7.69. The molecule has 0 bridgehead atoms. The molecule has 23 heavy (non-hydrogen) atoms. The number of hydrogen-bond acceptors (Lipinski definition) is 5. The molecule has 2 amide bonds. The van der Waals surface area contributed by atoms with E-state index in [2.05, 4.69) is 15.8 Å². The minimum absolute atomic E-state index is 0.181. The summed E-state index contributed by atoms with van der Waals surface area (Å²) >= 11 is 1.51. The van der Waals surface area contributed by atoms with E-state index >= 15 is 0 Å². The van der Waals surface area contributed by atoms with Gasteiger partial charge < -0.3 is 15.2 Å². The van der Waals surface area contributed by atoms with E-state index in [-0.39, 0.29) is 17.5 Å². The SMILES string of the molecule is CNC(=O)c1ccc(NC(=O)c2cc(-c3cccs3)on2)cc1. The summed E-state index contributed by atoms with van der Waals surface area (Å²) in [4.78, 5) is 24.5. The van der Waals surface area contributed by atoms with Gasteiger partial charge in [0.05, 0.1) is 4.88 Å². The molecule has 0 radical (unpaired) electrons. The Hall–Kier alpha value is -2.93. The highest BCUT2D eigenvalue weighted by Gasteiger charge is 2.14. The summed E-state index contributed by atoms with van der Waals surface area (Å²) in [5, 5.41) is 11.0. The Bertz CT molecular complexity index is 823. The number of anilines is 1. The van der Waals surface area contributed by atoms with Crippen LogP contribution in [0.15, 0.2) is 52.4 Å². The number of nitrogens with one attached hydrogen (secondary N) is 2. The Balaban J connectivity index is 1.71. The number of thiophene rings is 1. The van der Waals surface area contributed by atoms with E-state index in [4.69, 9.17) is 4.52 Å². The number of benzene rings is 1. The third kappa shape index (κ3) is 3.29. The zero-order valence-corrected chi connectivity index (χ0v) is 13.0. The van der Waals surface area contributed by atoms with Crippen molar-refractivity contribution in [2.75, 3.05) is 12.4 Å². The van der Waals surface area contributed by atoms with Crippen LogP contribution in [-0.4, -0.2) is 24.0 Å². The highest BCUT2D eigenvalue weighted by atomic mass is 32.1. The van der Waals surface area contributed by atoms with Crippen LogP contribution in [0.1, 0.15) is 20.8 Å². The number of rotatable bonds is 4. The number of carbonyl (C=O) groups excluding carboxylic acids is 2. The van der Waals surface area contributed by atoms with Crippen molar-refractivity contribution in [3.63, 3.8) is 0 Å². The highest BCUT2D eigenvalue weighted by Crippen LogP contribution is 2.25. The maximum Gasteiger partial charge on any atom is 0.277 e.